The molecule has 29 heavy (non-hydrogen) atoms. The Morgan fingerprint density at radius 3 is 2.72 bits per heavy atom. The number of piperazine rings is 1. The van der Waals surface area contributed by atoms with E-state index in [1.807, 2.05) is 18.2 Å². The van der Waals surface area contributed by atoms with Gasteiger partial charge in [-0.15, -0.1) is 0 Å². The van der Waals surface area contributed by atoms with Crippen molar-refractivity contribution in [3.63, 3.8) is 0 Å². The van der Waals surface area contributed by atoms with Gasteiger partial charge in [0.2, 0.25) is 21.8 Å². The highest BCUT2D eigenvalue weighted by Crippen LogP contribution is 2.30. The van der Waals surface area contributed by atoms with E-state index in [9.17, 15) is 18.0 Å². The second kappa shape index (κ2) is 8.00. The van der Waals surface area contributed by atoms with Crippen molar-refractivity contribution in [3.8, 4) is 0 Å². The highest BCUT2D eigenvalue weighted by Gasteiger charge is 2.46. The zero-order valence-electron chi connectivity index (χ0n) is 16.5. The van der Waals surface area contributed by atoms with Gasteiger partial charge in [-0.05, 0) is 31.4 Å². The third-order valence-corrected chi connectivity index (χ3v) is 6.52. The zero-order valence-corrected chi connectivity index (χ0v) is 17.3. The number of sulfonamides is 1. The minimum Gasteiger partial charge on any atom is -0.354 e. The van der Waals surface area contributed by atoms with Gasteiger partial charge in [0, 0.05) is 50.4 Å². The van der Waals surface area contributed by atoms with Crippen LogP contribution in [0.4, 0.5) is 0 Å². The highest BCUT2D eigenvalue weighted by atomic mass is 32.2. The van der Waals surface area contributed by atoms with Crippen LogP contribution < -0.4 is 10.0 Å². The third-order valence-electron chi connectivity index (χ3n) is 5.76. The van der Waals surface area contributed by atoms with Gasteiger partial charge in [0.05, 0.1) is 11.9 Å². The molecule has 0 radical (unpaired) electrons. The number of pyridine rings is 1. The molecule has 3 atom stereocenters. The molecule has 0 unspecified atom stereocenters. The molecule has 3 fully saturated rings. The van der Waals surface area contributed by atoms with E-state index in [1.165, 1.54) is 0 Å². The van der Waals surface area contributed by atoms with E-state index in [0.29, 0.717) is 26.1 Å². The molecule has 3 aliphatic rings. The largest absolute Gasteiger partial charge is 0.354 e. The number of nitrogens with zero attached hydrogens (tertiary/aromatic N) is 3. The molecule has 2 N–H and O–H groups in total. The monoisotopic (exact) mass is 421 g/mol. The Bertz CT molecular complexity index is 874. The minimum absolute atomic E-state index is 0.00995. The quantitative estimate of drug-likeness (QED) is 0.603. The van der Waals surface area contributed by atoms with Gasteiger partial charge in [0.15, 0.2) is 0 Å². The Kier molecular flexibility index (Phi) is 5.58. The van der Waals surface area contributed by atoms with Crippen molar-refractivity contribution in [3.05, 3.63) is 30.1 Å². The Morgan fingerprint density at radius 2 is 2.07 bits per heavy atom. The van der Waals surface area contributed by atoms with Gasteiger partial charge in [-0.25, -0.2) is 13.1 Å². The fourth-order valence-electron chi connectivity index (χ4n) is 4.27. The molecule has 0 spiro atoms. The summed E-state index contributed by atoms with van der Waals surface area (Å²) in [5.74, 6) is 0.0302. The predicted molar refractivity (Wildman–Crippen MR) is 106 cm³/mol. The molecular formula is C19H27N5O4S. The van der Waals surface area contributed by atoms with E-state index in [2.05, 4.69) is 19.9 Å². The number of hydrogen-bond donors (Lipinski definition) is 2. The van der Waals surface area contributed by atoms with E-state index >= 15 is 0 Å². The van der Waals surface area contributed by atoms with E-state index in [0.717, 1.165) is 24.8 Å². The predicted octanol–water partition coefficient (Wildman–Crippen LogP) is -0.689. The first kappa shape index (κ1) is 20.2. The molecule has 0 bridgehead atoms. The fraction of sp³-hybridized carbons (Fsp3) is 0.632. The Hall–Kier alpha value is -2.04. The fourth-order valence-corrected chi connectivity index (χ4v) is 5.05. The van der Waals surface area contributed by atoms with Crippen LogP contribution in [-0.2, 0) is 26.2 Å². The van der Waals surface area contributed by atoms with Gasteiger partial charge in [-0.1, -0.05) is 6.07 Å². The maximum absolute atomic E-state index is 13.3. The van der Waals surface area contributed by atoms with Crippen LogP contribution in [0.25, 0.3) is 0 Å². The summed E-state index contributed by atoms with van der Waals surface area (Å²) in [6, 6.07) is 4.85. The molecule has 4 rings (SSSR count). The molecule has 1 saturated carbocycles. The number of rotatable bonds is 7. The molecular weight excluding hydrogens is 394 g/mol. The summed E-state index contributed by atoms with van der Waals surface area (Å²) >= 11 is 0. The lowest BCUT2D eigenvalue weighted by molar-refractivity contribution is -0.144. The van der Waals surface area contributed by atoms with Crippen molar-refractivity contribution in [2.24, 2.45) is 5.92 Å². The Labute approximate surface area is 170 Å². The molecule has 1 aromatic rings. The van der Waals surface area contributed by atoms with Gasteiger partial charge < -0.3 is 10.2 Å². The van der Waals surface area contributed by atoms with Gasteiger partial charge in [0.1, 0.15) is 6.04 Å². The first-order chi connectivity index (χ1) is 13.8. The van der Waals surface area contributed by atoms with Crippen molar-refractivity contribution in [2.75, 3.05) is 25.9 Å². The van der Waals surface area contributed by atoms with Crippen LogP contribution in [0.15, 0.2) is 24.4 Å². The maximum atomic E-state index is 13.3. The number of carbonyl (C=O) groups excluding carboxylic acids is 2. The lowest BCUT2D eigenvalue weighted by Gasteiger charge is -2.42. The first-order valence-electron chi connectivity index (χ1n) is 9.99. The molecule has 2 aliphatic heterocycles. The van der Waals surface area contributed by atoms with Gasteiger partial charge in [-0.3, -0.25) is 19.5 Å². The van der Waals surface area contributed by atoms with Crippen molar-refractivity contribution >= 4 is 21.8 Å². The molecule has 3 heterocycles. The summed E-state index contributed by atoms with van der Waals surface area (Å²) in [6.45, 7) is 1.74. The standard InChI is InChI=1S/C19H27N5O4S/c1-29(27,28)22-15-8-16-12-23(10-14-4-2-3-7-20-14)17(19(26)24(16)11-15)9-21-18(25)13-5-6-13/h2-4,7,13,15-17,22H,5-6,8-12H2,1H3,(H,21,25)/t15-,16-,17-/m0/s1. The average Bonchev–Trinajstić information content (AvgIpc) is 3.43. The first-order valence-corrected chi connectivity index (χ1v) is 11.9. The second-order valence-electron chi connectivity index (χ2n) is 8.25. The SMILES string of the molecule is CS(=O)(=O)N[C@H]1C[C@H]2CN(Cc3ccccn3)[C@@H](CNC(=O)C3CC3)C(=O)N2C1. The van der Waals surface area contributed by atoms with Crippen LogP contribution in [0, 0.1) is 5.92 Å². The van der Waals surface area contributed by atoms with Crippen LogP contribution in [-0.4, -0.2) is 79.0 Å². The number of fused-ring (bicyclic) bond motifs is 1. The second-order valence-corrected chi connectivity index (χ2v) is 10.0. The topological polar surface area (TPSA) is 112 Å². The van der Waals surface area contributed by atoms with Crippen LogP contribution in [0.3, 0.4) is 0 Å². The van der Waals surface area contributed by atoms with Gasteiger partial charge in [0.25, 0.3) is 0 Å². The van der Waals surface area contributed by atoms with Crippen LogP contribution in [0.5, 0.6) is 0 Å². The number of carbonyl (C=O) groups is 2. The van der Waals surface area contributed by atoms with Crippen LogP contribution in [0.1, 0.15) is 25.0 Å². The number of hydrogen-bond acceptors (Lipinski definition) is 6. The molecule has 10 heteroatoms. The molecule has 158 valence electrons. The van der Waals surface area contributed by atoms with Gasteiger partial charge in [-0.2, -0.15) is 0 Å². The van der Waals surface area contributed by atoms with Gasteiger partial charge >= 0.3 is 0 Å². The van der Waals surface area contributed by atoms with Crippen LogP contribution >= 0.6 is 0 Å². The molecule has 1 aromatic heterocycles. The summed E-state index contributed by atoms with van der Waals surface area (Å²) in [5.41, 5.74) is 0.857. The maximum Gasteiger partial charge on any atom is 0.242 e. The Balaban J connectivity index is 1.49. The van der Waals surface area contributed by atoms with E-state index in [4.69, 9.17) is 0 Å². The number of aromatic nitrogens is 1. The third kappa shape index (κ3) is 4.93. The molecule has 2 amide bonds. The van der Waals surface area contributed by atoms with Crippen molar-refractivity contribution < 1.29 is 18.0 Å². The highest BCUT2D eigenvalue weighted by molar-refractivity contribution is 7.88. The average molecular weight is 422 g/mol. The number of amides is 2. The molecule has 9 nitrogen and oxygen atoms in total. The molecule has 1 aliphatic carbocycles. The summed E-state index contributed by atoms with van der Waals surface area (Å²) in [6.07, 6.45) is 5.26. The lowest BCUT2D eigenvalue weighted by atomic mass is 10.0. The Morgan fingerprint density at radius 1 is 1.28 bits per heavy atom. The summed E-state index contributed by atoms with van der Waals surface area (Å²) < 4.78 is 25.8. The lowest BCUT2D eigenvalue weighted by Crippen LogP contribution is -2.62. The summed E-state index contributed by atoms with van der Waals surface area (Å²) in [4.78, 5) is 33.6. The van der Waals surface area contributed by atoms with Crippen LogP contribution in [0.2, 0.25) is 0 Å². The normalized spacial score (nSPS) is 27.7. The summed E-state index contributed by atoms with van der Waals surface area (Å²) in [7, 11) is -3.34. The van der Waals surface area contributed by atoms with E-state index in [1.54, 1.807) is 11.1 Å². The van der Waals surface area contributed by atoms with Crippen molar-refractivity contribution in [1.82, 2.24) is 24.8 Å². The van der Waals surface area contributed by atoms with Crippen molar-refractivity contribution in [2.45, 2.75) is 43.9 Å². The number of nitrogens with one attached hydrogen (secondary N) is 2. The zero-order chi connectivity index (χ0) is 20.6. The van der Waals surface area contributed by atoms with Crippen molar-refractivity contribution in [1.29, 1.82) is 0 Å². The van der Waals surface area contributed by atoms with E-state index in [-0.39, 0.29) is 36.4 Å². The molecule has 2 saturated heterocycles. The molecule has 0 aromatic carbocycles. The smallest absolute Gasteiger partial charge is 0.242 e. The van der Waals surface area contributed by atoms with E-state index < -0.39 is 16.1 Å². The minimum atomic E-state index is -3.34. The summed E-state index contributed by atoms with van der Waals surface area (Å²) in [5, 5.41) is 2.93.